The molecule has 1 fully saturated rings. The van der Waals surface area contributed by atoms with Gasteiger partial charge in [0.1, 0.15) is 6.20 Å². The van der Waals surface area contributed by atoms with Crippen LogP contribution in [0, 0.1) is 10.1 Å². The summed E-state index contributed by atoms with van der Waals surface area (Å²) >= 11 is 1.83. The molecule has 0 aromatic carbocycles. The normalized spacial score (nSPS) is 22.9. The first kappa shape index (κ1) is 12.9. The van der Waals surface area contributed by atoms with Crippen LogP contribution in [0.3, 0.4) is 0 Å². The zero-order valence-electron chi connectivity index (χ0n) is 10.00. The van der Waals surface area contributed by atoms with Crippen LogP contribution < -0.4 is 11.1 Å². The number of nitrogen functional groups attached to an aromatic ring is 1. The Morgan fingerprint density at radius 2 is 2.39 bits per heavy atom. The smallest absolute Gasteiger partial charge is 0.329 e. The van der Waals surface area contributed by atoms with Crippen molar-refractivity contribution in [2.75, 3.05) is 17.3 Å². The lowest BCUT2D eigenvalue weighted by molar-refractivity contribution is -0.384. The number of nitrogens with one attached hydrogen (secondary N) is 1. The predicted molar refractivity (Wildman–Crippen MR) is 71.7 cm³/mol. The number of nitrogens with two attached hydrogens (primary N) is 1. The van der Waals surface area contributed by atoms with Crippen LogP contribution in [0.2, 0.25) is 0 Å². The van der Waals surface area contributed by atoms with Crippen LogP contribution >= 0.6 is 11.8 Å². The summed E-state index contributed by atoms with van der Waals surface area (Å²) < 4.78 is 0. The summed E-state index contributed by atoms with van der Waals surface area (Å²) in [6.45, 7) is 0. The van der Waals surface area contributed by atoms with Gasteiger partial charge in [-0.2, -0.15) is 16.7 Å². The molecule has 1 aliphatic rings. The molecule has 0 amide bonds. The number of hydrogen-bond donors (Lipinski definition) is 2. The molecule has 1 aliphatic carbocycles. The van der Waals surface area contributed by atoms with Crippen LogP contribution in [0.1, 0.15) is 19.3 Å². The lowest BCUT2D eigenvalue weighted by Crippen LogP contribution is -2.18. The maximum absolute atomic E-state index is 10.9. The highest BCUT2D eigenvalue weighted by atomic mass is 32.2. The van der Waals surface area contributed by atoms with Crippen LogP contribution in [-0.4, -0.2) is 32.4 Å². The zero-order chi connectivity index (χ0) is 13.1. The lowest BCUT2D eigenvalue weighted by Gasteiger charge is -2.13. The van der Waals surface area contributed by atoms with Gasteiger partial charge in [-0.3, -0.25) is 10.1 Å². The molecule has 1 saturated carbocycles. The molecule has 0 saturated heterocycles. The Morgan fingerprint density at radius 1 is 1.61 bits per heavy atom. The van der Waals surface area contributed by atoms with Crippen molar-refractivity contribution in [2.24, 2.45) is 0 Å². The van der Waals surface area contributed by atoms with Crippen molar-refractivity contribution in [1.82, 2.24) is 9.97 Å². The molecule has 2 rings (SSSR count). The van der Waals surface area contributed by atoms with Gasteiger partial charge >= 0.3 is 5.69 Å². The quantitative estimate of drug-likeness (QED) is 0.632. The Bertz CT molecular complexity index is 456. The molecule has 1 aromatic heterocycles. The topological polar surface area (TPSA) is 107 Å². The number of anilines is 2. The van der Waals surface area contributed by atoms with Crippen LogP contribution in [0.5, 0.6) is 0 Å². The monoisotopic (exact) mass is 269 g/mol. The summed E-state index contributed by atoms with van der Waals surface area (Å²) in [6.07, 6.45) is 6.33. The minimum absolute atomic E-state index is 0.0440. The van der Waals surface area contributed by atoms with E-state index in [2.05, 4.69) is 21.5 Å². The number of nitrogens with zero attached hydrogens (tertiary/aromatic N) is 3. The summed E-state index contributed by atoms with van der Waals surface area (Å²) in [4.78, 5) is 17.9. The average Bonchev–Trinajstić information content (AvgIpc) is 2.76. The first-order chi connectivity index (χ1) is 8.60. The number of rotatable bonds is 4. The van der Waals surface area contributed by atoms with Gasteiger partial charge in [0.05, 0.1) is 4.92 Å². The molecule has 3 N–H and O–H groups in total. The van der Waals surface area contributed by atoms with E-state index >= 15 is 0 Å². The molecule has 0 bridgehead atoms. The second-order valence-electron chi connectivity index (χ2n) is 4.23. The number of nitro groups is 1. The zero-order valence-corrected chi connectivity index (χ0v) is 10.8. The Labute approximate surface area is 109 Å². The second-order valence-corrected chi connectivity index (χ2v) is 5.37. The Hall–Kier alpha value is -1.57. The van der Waals surface area contributed by atoms with E-state index in [4.69, 9.17) is 5.73 Å². The molecule has 7 nitrogen and oxygen atoms in total. The van der Waals surface area contributed by atoms with E-state index < -0.39 is 4.92 Å². The summed E-state index contributed by atoms with van der Waals surface area (Å²) in [5, 5.41) is 14.6. The molecule has 0 spiro atoms. The predicted octanol–water partition coefficient (Wildman–Crippen LogP) is 1.66. The maximum Gasteiger partial charge on any atom is 0.329 e. The minimum atomic E-state index is -0.497. The van der Waals surface area contributed by atoms with Crippen molar-refractivity contribution in [2.45, 2.75) is 30.6 Å². The Balaban J connectivity index is 2.13. The molecule has 2 unspecified atom stereocenters. The molecule has 2 atom stereocenters. The third-order valence-electron chi connectivity index (χ3n) is 3.04. The highest BCUT2D eigenvalue weighted by molar-refractivity contribution is 7.99. The van der Waals surface area contributed by atoms with Crippen molar-refractivity contribution in [1.29, 1.82) is 0 Å². The van der Waals surface area contributed by atoms with E-state index in [-0.39, 0.29) is 23.5 Å². The molecular weight excluding hydrogens is 254 g/mol. The van der Waals surface area contributed by atoms with Gasteiger partial charge in [-0.15, -0.1) is 0 Å². The molecule has 0 radical (unpaired) electrons. The van der Waals surface area contributed by atoms with Gasteiger partial charge in [0.15, 0.2) is 0 Å². The van der Waals surface area contributed by atoms with E-state index in [1.54, 1.807) is 0 Å². The third-order valence-corrected chi connectivity index (χ3v) is 4.14. The van der Waals surface area contributed by atoms with Crippen molar-refractivity contribution in [3.8, 4) is 0 Å². The van der Waals surface area contributed by atoms with Crippen molar-refractivity contribution < 1.29 is 4.92 Å². The molecule has 8 heteroatoms. The summed E-state index contributed by atoms with van der Waals surface area (Å²) in [5.41, 5.74) is 5.34. The van der Waals surface area contributed by atoms with Crippen molar-refractivity contribution in [3.05, 3.63) is 16.3 Å². The van der Waals surface area contributed by atoms with Gasteiger partial charge in [0.2, 0.25) is 11.8 Å². The van der Waals surface area contributed by atoms with E-state index in [0.29, 0.717) is 5.25 Å². The highest BCUT2D eigenvalue weighted by Gasteiger charge is 2.26. The van der Waals surface area contributed by atoms with E-state index in [0.717, 1.165) is 25.5 Å². The van der Waals surface area contributed by atoms with Crippen LogP contribution in [0.15, 0.2) is 6.20 Å². The summed E-state index contributed by atoms with van der Waals surface area (Å²) in [6, 6.07) is 0.218. The van der Waals surface area contributed by atoms with E-state index in [1.807, 2.05) is 11.8 Å². The fourth-order valence-corrected chi connectivity index (χ4v) is 2.90. The van der Waals surface area contributed by atoms with Gasteiger partial charge in [-0.05, 0) is 25.5 Å². The Kier molecular flexibility index (Phi) is 3.85. The SMILES string of the molecule is CSC1CCC(Nc2nc(N)ncc2[N+](=O)[O-])C1. The van der Waals surface area contributed by atoms with Crippen molar-refractivity contribution >= 4 is 29.2 Å². The van der Waals surface area contributed by atoms with Gasteiger partial charge in [-0.1, -0.05) is 0 Å². The average molecular weight is 269 g/mol. The van der Waals surface area contributed by atoms with E-state index in [9.17, 15) is 10.1 Å². The third kappa shape index (κ3) is 2.81. The Morgan fingerprint density at radius 3 is 3.00 bits per heavy atom. The summed E-state index contributed by atoms with van der Waals surface area (Å²) in [5.74, 6) is 0.266. The second kappa shape index (κ2) is 5.38. The number of hydrogen-bond acceptors (Lipinski definition) is 7. The van der Waals surface area contributed by atoms with E-state index in [1.165, 1.54) is 0 Å². The molecular formula is C10H15N5O2S. The van der Waals surface area contributed by atoms with Crippen LogP contribution in [-0.2, 0) is 0 Å². The van der Waals surface area contributed by atoms with Gasteiger partial charge < -0.3 is 11.1 Å². The first-order valence-corrected chi connectivity index (χ1v) is 6.95. The molecule has 1 heterocycles. The first-order valence-electron chi connectivity index (χ1n) is 5.66. The fourth-order valence-electron chi connectivity index (χ4n) is 2.11. The van der Waals surface area contributed by atoms with Crippen molar-refractivity contribution in [3.63, 3.8) is 0 Å². The lowest BCUT2D eigenvalue weighted by atomic mass is 10.2. The standard InChI is InChI=1S/C10H15N5O2S/c1-18-7-3-2-6(4-7)13-9-8(15(16)17)5-12-10(11)14-9/h5-7H,2-4H2,1H3,(H3,11,12,13,14). The van der Waals surface area contributed by atoms with Crippen LogP contribution in [0.25, 0.3) is 0 Å². The molecule has 1 aromatic rings. The molecule has 0 aliphatic heterocycles. The van der Waals surface area contributed by atoms with Crippen LogP contribution in [0.4, 0.5) is 17.5 Å². The minimum Gasteiger partial charge on any atom is -0.368 e. The fraction of sp³-hybridized carbons (Fsp3) is 0.600. The van der Waals surface area contributed by atoms with Gasteiger partial charge in [0, 0.05) is 11.3 Å². The number of thioether (sulfide) groups is 1. The summed E-state index contributed by atoms with van der Waals surface area (Å²) in [7, 11) is 0. The van der Waals surface area contributed by atoms with Gasteiger partial charge in [0.25, 0.3) is 0 Å². The molecule has 98 valence electrons. The maximum atomic E-state index is 10.9. The number of aromatic nitrogens is 2. The van der Waals surface area contributed by atoms with Gasteiger partial charge in [-0.25, -0.2) is 4.98 Å². The molecule has 18 heavy (non-hydrogen) atoms. The highest BCUT2D eigenvalue weighted by Crippen LogP contribution is 2.31. The largest absolute Gasteiger partial charge is 0.368 e.